The average molecular weight is 271 g/mol. The highest BCUT2D eigenvalue weighted by Crippen LogP contribution is 2.28. The fraction of sp³-hybridized carbons (Fsp3) is 0.0909. The second-order valence-electron chi connectivity index (χ2n) is 3.72. The molecule has 0 bridgehead atoms. The van der Waals surface area contributed by atoms with Crippen LogP contribution in [0.3, 0.4) is 0 Å². The average Bonchev–Trinajstić information content (AvgIpc) is 2.57. The van der Waals surface area contributed by atoms with E-state index < -0.39 is 41.5 Å². The fourth-order valence-corrected chi connectivity index (χ4v) is 1.56. The smallest absolute Gasteiger partial charge is 0.325 e. The summed E-state index contributed by atoms with van der Waals surface area (Å²) in [7, 11) is 0. The second kappa shape index (κ2) is 4.63. The van der Waals surface area contributed by atoms with Gasteiger partial charge in [-0.25, -0.2) is 17.9 Å². The molecule has 19 heavy (non-hydrogen) atoms. The Balaban J connectivity index is 2.53. The van der Waals surface area contributed by atoms with Gasteiger partial charge in [0.25, 0.3) is 0 Å². The highest BCUT2D eigenvalue weighted by molar-refractivity contribution is 5.69. The van der Waals surface area contributed by atoms with Crippen molar-refractivity contribution in [1.29, 1.82) is 0 Å². The number of nitrogens with two attached hydrogens (primary N) is 1. The van der Waals surface area contributed by atoms with Crippen LogP contribution in [0.25, 0.3) is 11.3 Å². The van der Waals surface area contributed by atoms with Gasteiger partial charge in [0.2, 0.25) is 0 Å². The maximum atomic E-state index is 13.8. The highest BCUT2D eigenvalue weighted by atomic mass is 19.1. The molecular weight excluding hydrogens is 263 g/mol. The summed E-state index contributed by atoms with van der Waals surface area (Å²) in [4.78, 5) is 10.5. The maximum absolute atomic E-state index is 13.8. The van der Waals surface area contributed by atoms with E-state index in [0.717, 1.165) is 12.1 Å². The normalized spacial score (nSPS) is 10.7. The molecule has 0 aliphatic rings. The molecule has 0 saturated heterocycles. The van der Waals surface area contributed by atoms with E-state index in [2.05, 4.69) is 5.10 Å². The Bertz CT molecular complexity index is 655. The summed E-state index contributed by atoms with van der Waals surface area (Å²) in [6, 6.07) is 2.51. The Morgan fingerprint density at radius 2 is 2.05 bits per heavy atom. The zero-order valence-corrected chi connectivity index (χ0v) is 9.40. The third kappa shape index (κ3) is 2.37. The highest BCUT2D eigenvalue weighted by Gasteiger charge is 2.21. The number of carboxylic acid groups (broad SMARTS) is 1. The lowest BCUT2D eigenvalue weighted by Crippen LogP contribution is -2.12. The van der Waals surface area contributed by atoms with Crippen LogP contribution >= 0.6 is 0 Å². The van der Waals surface area contributed by atoms with E-state index in [4.69, 9.17) is 10.8 Å². The van der Waals surface area contributed by atoms with Gasteiger partial charge in [0.1, 0.15) is 23.9 Å². The van der Waals surface area contributed by atoms with Crippen molar-refractivity contribution < 1.29 is 23.1 Å². The second-order valence-corrected chi connectivity index (χ2v) is 3.72. The van der Waals surface area contributed by atoms with E-state index in [-0.39, 0.29) is 5.56 Å². The fourth-order valence-electron chi connectivity index (χ4n) is 1.56. The number of carboxylic acids is 1. The molecule has 1 heterocycles. The Morgan fingerprint density at radius 3 is 2.63 bits per heavy atom. The molecule has 1 aromatic heterocycles. The number of benzene rings is 1. The van der Waals surface area contributed by atoms with Crippen LogP contribution in [-0.2, 0) is 11.3 Å². The third-order valence-corrected chi connectivity index (χ3v) is 2.40. The number of aromatic nitrogens is 2. The monoisotopic (exact) mass is 271 g/mol. The molecule has 0 radical (unpaired) electrons. The van der Waals surface area contributed by atoms with E-state index in [0.29, 0.717) is 10.7 Å². The number of nitrogen functional groups attached to an aromatic ring is 1. The largest absolute Gasteiger partial charge is 0.480 e. The van der Waals surface area contributed by atoms with Gasteiger partial charge in [-0.15, -0.1) is 0 Å². The van der Waals surface area contributed by atoms with Gasteiger partial charge in [-0.05, 0) is 12.1 Å². The molecule has 1 aromatic carbocycles. The van der Waals surface area contributed by atoms with Crippen LogP contribution < -0.4 is 5.73 Å². The van der Waals surface area contributed by atoms with Gasteiger partial charge in [0.05, 0.1) is 0 Å². The molecule has 0 fully saturated rings. The van der Waals surface area contributed by atoms with Crippen LogP contribution in [-0.4, -0.2) is 20.9 Å². The van der Waals surface area contributed by atoms with Gasteiger partial charge in [0.15, 0.2) is 11.6 Å². The third-order valence-electron chi connectivity index (χ3n) is 2.40. The molecule has 0 unspecified atom stereocenters. The number of halogens is 3. The minimum Gasteiger partial charge on any atom is -0.480 e. The van der Waals surface area contributed by atoms with E-state index in [9.17, 15) is 18.0 Å². The van der Waals surface area contributed by atoms with Crippen molar-refractivity contribution in [2.75, 3.05) is 5.73 Å². The van der Waals surface area contributed by atoms with Gasteiger partial charge in [-0.2, -0.15) is 5.10 Å². The molecule has 0 aliphatic heterocycles. The van der Waals surface area contributed by atoms with Crippen LogP contribution in [0.5, 0.6) is 0 Å². The molecule has 5 nitrogen and oxygen atoms in total. The number of nitrogens with zero attached hydrogens (tertiary/aromatic N) is 2. The lowest BCUT2D eigenvalue weighted by Gasteiger charge is -1.99. The van der Waals surface area contributed by atoms with Crippen LogP contribution in [0.4, 0.5) is 19.0 Å². The van der Waals surface area contributed by atoms with E-state index in [1.165, 1.54) is 0 Å². The van der Waals surface area contributed by atoms with Gasteiger partial charge < -0.3 is 10.8 Å². The van der Waals surface area contributed by atoms with E-state index in [1.54, 1.807) is 0 Å². The number of hydrogen-bond donors (Lipinski definition) is 2. The number of rotatable bonds is 3. The SMILES string of the molecule is Nc1c(F)c(-c2ccc(F)cc2F)nn1CC(=O)O. The molecule has 0 spiro atoms. The standard InChI is InChI=1S/C11H8F3N3O2/c12-5-1-2-6(7(13)3-5)10-9(14)11(15)17(16-10)4-8(18)19/h1-3H,4,15H2,(H,18,19). The molecule has 0 saturated carbocycles. The number of hydrogen-bond acceptors (Lipinski definition) is 3. The lowest BCUT2D eigenvalue weighted by molar-refractivity contribution is -0.137. The number of carbonyl (C=O) groups is 1. The van der Waals surface area contributed by atoms with Crippen LogP contribution in [0.1, 0.15) is 0 Å². The van der Waals surface area contributed by atoms with Crippen molar-refractivity contribution in [1.82, 2.24) is 9.78 Å². The van der Waals surface area contributed by atoms with Crippen molar-refractivity contribution >= 4 is 11.8 Å². The van der Waals surface area contributed by atoms with E-state index in [1.807, 2.05) is 0 Å². The van der Waals surface area contributed by atoms with Crippen molar-refractivity contribution in [2.45, 2.75) is 6.54 Å². The summed E-state index contributed by atoms with van der Waals surface area (Å²) in [5.41, 5.74) is 4.58. The zero-order chi connectivity index (χ0) is 14.2. The minimum atomic E-state index is -1.28. The first kappa shape index (κ1) is 12.9. The van der Waals surface area contributed by atoms with Gasteiger partial charge in [-0.1, -0.05) is 0 Å². The molecule has 2 aromatic rings. The summed E-state index contributed by atoms with van der Waals surface area (Å²) in [6.45, 7) is -0.661. The lowest BCUT2D eigenvalue weighted by atomic mass is 10.1. The van der Waals surface area contributed by atoms with Crippen LogP contribution in [0.15, 0.2) is 18.2 Å². The molecule has 2 rings (SSSR count). The number of anilines is 1. The van der Waals surface area contributed by atoms with Gasteiger partial charge >= 0.3 is 5.97 Å². The first-order valence-electron chi connectivity index (χ1n) is 5.09. The van der Waals surface area contributed by atoms with Crippen molar-refractivity contribution in [3.63, 3.8) is 0 Å². The molecule has 0 atom stereocenters. The first-order valence-corrected chi connectivity index (χ1v) is 5.09. The van der Waals surface area contributed by atoms with Gasteiger partial charge in [0, 0.05) is 11.6 Å². The summed E-state index contributed by atoms with van der Waals surface area (Å²) in [6.07, 6.45) is 0. The Hall–Kier alpha value is -2.51. The zero-order valence-electron chi connectivity index (χ0n) is 9.40. The topological polar surface area (TPSA) is 81.1 Å². The molecule has 0 aliphatic carbocycles. The maximum Gasteiger partial charge on any atom is 0.325 e. The minimum absolute atomic E-state index is 0.297. The van der Waals surface area contributed by atoms with Crippen LogP contribution in [0.2, 0.25) is 0 Å². The van der Waals surface area contributed by atoms with Crippen molar-refractivity contribution in [3.8, 4) is 11.3 Å². The predicted molar refractivity (Wildman–Crippen MR) is 59.6 cm³/mol. The summed E-state index contributed by atoms with van der Waals surface area (Å²) < 4.78 is 40.7. The summed E-state index contributed by atoms with van der Waals surface area (Å²) in [5, 5.41) is 12.2. The predicted octanol–water partition coefficient (Wildman–Crippen LogP) is 1.63. The molecule has 8 heteroatoms. The molecular formula is C11H8F3N3O2. The van der Waals surface area contributed by atoms with Crippen molar-refractivity contribution in [2.24, 2.45) is 0 Å². The summed E-state index contributed by atoms with van der Waals surface area (Å²) >= 11 is 0. The van der Waals surface area contributed by atoms with Crippen molar-refractivity contribution in [3.05, 3.63) is 35.7 Å². The summed E-state index contributed by atoms with van der Waals surface area (Å²) in [5.74, 6) is -4.69. The Kier molecular flexibility index (Phi) is 3.16. The number of aliphatic carboxylic acids is 1. The van der Waals surface area contributed by atoms with Crippen LogP contribution in [0, 0.1) is 17.5 Å². The molecule has 0 amide bonds. The van der Waals surface area contributed by atoms with Gasteiger partial charge in [-0.3, -0.25) is 4.79 Å². The molecule has 100 valence electrons. The Morgan fingerprint density at radius 1 is 1.37 bits per heavy atom. The first-order chi connectivity index (χ1) is 8.90. The van der Waals surface area contributed by atoms with E-state index >= 15 is 0 Å². The quantitative estimate of drug-likeness (QED) is 0.889. The Labute approximate surface area is 105 Å². The molecule has 3 N–H and O–H groups in total.